The molecule has 0 radical (unpaired) electrons. The van der Waals surface area contributed by atoms with Crippen LogP contribution in [0.15, 0.2) is 54.7 Å². The monoisotopic (exact) mass is 449 g/mol. The van der Waals surface area contributed by atoms with Crippen LogP contribution in [0, 0.1) is 5.41 Å². The predicted octanol–water partition coefficient (Wildman–Crippen LogP) is 2.85. The standard InChI is InChI=1S/C20H21N3O2.C2HF3O2/c24-18(17-8-4-5-11-21-17)23-12-9-20(10-13-23)16(14-22-19(20)25)15-6-2-1-3-7-15;3-2(4,5)1(6)7/h1-8,11,16H,9-10,12-14H2,(H,22,25);(H,6,7). The summed E-state index contributed by atoms with van der Waals surface area (Å²) < 4.78 is 31.7. The first-order valence-electron chi connectivity index (χ1n) is 9.99. The van der Waals surface area contributed by atoms with E-state index in [0.717, 1.165) is 0 Å². The Hall–Kier alpha value is -3.43. The van der Waals surface area contributed by atoms with Gasteiger partial charge in [0.25, 0.3) is 5.91 Å². The maximum absolute atomic E-state index is 12.7. The van der Waals surface area contributed by atoms with Crippen LogP contribution in [0.5, 0.6) is 0 Å². The van der Waals surface area contributed by atoms with Crippen LogP contribution in [-0.4, -0.2) is 58.6 Å². The Morgan fingerprint density at radius 1 is 1.06 bits per heavy atom. The zero-order valence-electron chi connectivity index (χ0n) is 17.0. The van der Waals surface area contributed by atoms with Crippen LogP contribution in [0.3, 0.4) is 0 Å². The van der Waals surface area contributed by atoms with Gasteiger partial charge < -0.3 is 15.3 Å². The quantitative estimate of drug-likeness (QED) is 0.735. The zero-order chi connectivity index (χ0) is 23.4. The smallest absolute Gasteiger partial charge is 0.475 e. The number of carboxylic acids is 1. The molecule has 32 heavy (non-hydrogen) atoms. The second-order valence-corrected chi connectivity index (χ2v) is 7.64. The van der Waals surface area contributed by atoms with Gasteiger partial charge in [-0.25, -0.2) is 4.79 Å². The number of pyridine rings is 1. The van der Waals surface area contributed by atoms with Gasteiger partial charge in [0.15, 0.2) is 0 Å². The third-order valence-electron chi connectivity index (χ3n) is 5.86. The normalized spacial score (nSPS) is 19.7. The molecular weight excluding hydrogens is 427 g/mol. The number of alkyl halides is 3. The highest BCUT2D eigenvalue weighted by Gasteiger charge is 2.52. The van der Waals surface area contributed by atoms with Crippen LogP contribution in [-0.2, 0) is 9.59 Å². The van der Waals surface area contributed by atoms with Gasteiger partial charge >= 0.3 is 12.1 Å². The summed E-state index contributed by atoms with van der Waals surface area (Å²) in [6.07, 6.45) is -2.07. The molecule has 1 aromatic carbocycles. The average molecular weight is 449 g/mol. The van der Waals surface area contributed by atoms with Crippen molar-refractivity contribution in [3.63, 3.8) is 0 Å². The summed E-state index contributed by atoms with van der Waals surface area (Å²) >= 11 is 0. The molecule has 10 heteroatoms. The highest BCUT2D eigenvalue weighted by Crippen LogP contribution is 2.47. The molecule has 1 atom stereocenters. The fourth-order valence-corrected chi connectivity index (χ4v) is 4.18. The molecule has 1 spiro atoms. The lowest BCUT2D eigenvalue weighted by molar-refractivity contribution is -0.192. The van der Waals surface area contributed by atoms with E-state index in [0.29, 0.717) is 38.2 Å². The van der Waals surface area contributed by atoms with E-state index < -0.39 is 17.6 Å². The van der Waals surface area contributed by atoms with Crippen LogP contribution in [0.2, 0.25) is 0 Å². The maximum Gasteiger partial charge on any atom is 0.490 e. The number of hydrogen-bond acceptors (Lipinski definition) is 4. The van der Waals surface area contributed by atoms with Gasteiger partial charge in [-0.3, -0.25) is 14.6 Å². The summed E-state index contributed by atoms with van der Waals surface area (Å²) in [4.78, 5) is 40.1. The molecule has 1 unspecified atom stereocenters. The van der Waals surface area contributed by atoms with E-state index in [2.05, 4.69) is 22.4 Å². The number of carbonyl (C=O) groups excluding carboxylic acids is 2. The molecule has 2 aliphatic heterocycles. The number of rotatable bonds is 2. The van der Waals surface area contributed by atoms with Crippen molar-refractivity contribution >= 4 is 17.8 Å². The lowest BCUT2D eigenvalue weighted by atomic mass is 9.68. The Morgan fingerprint density at radius 3 is 2.19 bits per heavy atom. The van der Waals surface area contributed by atoms with E-state index in [9.17, 15) is 22.8 Å². The van der Waals surface area contributed by atoms with Crippen molar-refractivity contribution in [3.05, 3.63) is 66.0 Å². The van der Waals surface area contributed by atoms with Crippen LogP contribution in [0.4, 0.5) is 13.2 Å². The van der Waals surface area contributed by atoms with E-state index in [1.807, 2.05) is 29.2 Å². The first-order chi connectivity index (χ1) is 15.1. The Morgan fingerprint density at radius 2 is 1.66 bits per heavy atom. The number of aromatic nitrogens is 1. The maximum atomic E-state index is 12.7. The minimum Gasteiger partial charge on any atom is -0.475 e. The molecule has 2 aromatic rings. The van der Waals surface area contributed by atoms with Crippen molar-refractivity contribution in [1.29, 1.82) is 0 Å². The number of amides is 2. The van der Waals surface area contributed by atoms with Gasteiger partial charge in [-0.15, -0.1) is 0 Å². The van der Waals surface area contributed by atoms with E-state index in [1.54, 1.807) is 18.3 Å². The summed E-state index contributed by atoms with van der Waals surface area (Å²) in [6.45, 7) is 1.86. The molecule has 0 bridgehead atoms. The number of hydrogen-bond donors (Lipinski definition) is 2. The largest absolute Gasteiger partial charge is 0.490 e. The first kappa shape index (κ1) is 23.2. The summed E-state index contributed by atoms with van der Waals surface area (Å²) in [5.41, 5.74) is 1.27. The third-order valence-corrected chi connectivity index (χ3v) is 5.86. The molecule has 2 saturated heterocycles. The van der Waals surface area contributed by atoms with Gasteiger partial charge in [0.1, 0.15) is 5.69 Å². The van der Waals surface area contributed by atoms with Gasteiger partial charge in [-0.2, -0.15) is 13.2 Å². The number of carboxylic acid groups (broad SMARTS) is 1. The molecule has 3 heterocycles. The van der Waals surface area contributed by atoms with Crippen LogP contribution >= 0.6 is 0 Å². The Labute approximate surface area is 182 Å². The van der Waals surface area contributed by atoms with Gasteiger partial charge in [0.2, 0.25) is 5.91 Å². The van der Waals surface area contributed by atoms with E-state index >= 15 is 0 Å². The number of benzene rings is 1. The molecule has 0 aliphatic carbocycles. The van der Waals surface area contributed by atoms with Gasteiger partial charge in [-0.05, 0) is 30.5 Å². The number of halogens is 3. The molecule has 2 N–H and O–H groups in total. The zero-order valence-corrected chi connectivity index (χ0v) is 17.0. The van der Waals surface area contributed by atoms with E-state index in [-0.39, 0.29) is 17.7 Å². The Balaban J connectivity index is 0.000000360. The topological polar surface area (TPSA) is 99.6 Å². The lowest BCUT2D eigenvalue weighted by Crippen LogP contribution is -2.48. The number of nitrogens with one attached hydrogen (secondary N) is 1. The second kappa shape index (κ2) is 9.37. The molecule has 170 valence electrons. The predicted molar refractivity (Wildman–Crippen MR) is 108 cm³/mol. The summed E-state index contributed by atoms with van der Waals surface area (Å²) in [6, 6.07) is 15.6. The minimum atomic E-state index is -5.08. The van der Waals surface area contributed by atoms with Gasteiger partial charge in [0.05, 0.1) is 5.41 Å². The van der Waals surface area contributed by atoms with Crippen LogP contribution in [0.25, 0.3) is 0 Å². The highest BCUT2D eigenvalue weighted by atomic mass is 19.4. The fourth-order valence-electron chi connectivity index (χ4n) is 4.18. The molecule has 0 saturated carbocycles. The molecule has 7 nitrogen and oxygen atoms in total. The summed E-state index contributed by atoms with van der Waals surface area (Å²) in [5, 5.41) is 10.2. The fraction of sp³-hybridized carbons (Fsp3) is 0.364. The number of aliphatic carboxylic acids is 1. The van der Waals surface area contributed by atoms with Gasteiger partial charge in [0, 0.05) is 31.7 Å². The van der Waals surface area contributed by atoms with Crippen molar-refractivity contribution in [2.24, 2.45) is 5.41 Å². The number of piperidine rings is 1. The Bertz CT molecular complexity index is 959. The minimum absolute atomic E-state index is 0.0508. The van der Waals surface area contributed by atoms with Crippen LogP contribution < -0.4 is 5.32 Å². The Kier molecular flexibility index (Phi) is 6.81. The molecule has 4 rings (SSSR count). The second-order valence-electron chi connectivity index (χ2n) is 7.64. The molecule has 2 amide bonds. The number of nitrogens with zero attached hydrogens (tertiary/aromatic N) is 2. The molecule has 2 fully saturated rings. The summed E-state index contributed by atoms with van der Waals surface area (Å²) in [7, 11) is 0. The molecular formula is C22H22F3N3O4. The molecule has 1 aromatic heterocycles. The van der Waals surface area contributed by atoms with Crippen molar-refractivity contribution in [2.45, 2.75) is 24.9 Å². The van der Waals surface area contributed by atoms with E-state index in [4.69, 9.17) is 9.90 Å². The first-order valence-corrected chi connectivity index (χ1v) is 9.99. The van der Waals surface area contributed by atoms with Crippen molar-refractivity contribution < 1.29 is 32.7 Å². The summed E-state index contributed by atoms with van der Waals surface area (Å²) in [5.74, 6) is -2.50. The number of likely N-dealkylation sites (tertiary alicyclic amines) is 1. The van der Waals surface area contributed by atoms with Crippen molar-refractivity contribution in [2.75, 3.05) is 19.6 Å². The SMILES string of the molecule is O=C(O)C(F)(F)F.O=C(c1ccccn1)N1CCC2(CC1)C(=O)NCC2c1ccccc1. The average Bonchev–Trinajstić information content (AvgIpc) is 3.10. The molecule has 2 aliphatic rings. The van der Waals surface area contributed by atoms with Gasteiger partial charge in [-0.1, -0.05) is 36.4 Å². The van der Waals surface area contributed by atoms with E-state index in [1.165, 1.54) is 5.56 Å². The highest BCUT2D eigenvalue weighted by molar-refractivity contribution is 5.93. The lowest BCUT2D eigenvalue weighted by Gasteiger charge is -2.40. The van der Waals surface area contributed by atoms with Crippen molar-refractivity contribution in [1.82, 2.24) is 15.2 Å². The van der Waals surface area contributed by atoms with Crippen LogP contribution in [0.1, 0.15) is 34.8 Å². The van der Waals surface area contributed by atoms with Crippen molar-refractivity contribution in [3.8, 4) is 0 Å². The third kappa shape index (κ3) is 4.90. The number of carbonyl (C=O) groups is 3.